The summed E-state index contributed by atoms with van der Waals surface area (Å²) >= 11 is 0. The summed E-state index contributed by atoms with van der Waals surface area (Å²) in [6.07, 6.45) is 5.29. The number of carbonyl (C=O) groups excluding carboxylic acids is 1. The Morgan fingerprint density at radius 3 is 2.43 bits per heavy atom. The van der Waals surface area contributed by atoms with Gasteiger partial charge in [-0.1, -0.05) is 18.2 Å². The molecule has 4 nitrogen and oxygen atoms in total. The minimum Gasteiger partial charge on any atom is -0.490 e. The Morgan fingerprint density at radius 1 is 1.09 bits per heavy atom. The van der Waals surface area contributed by atoms with Gasteiger partial charge in [0, 0.05) is 0 Å². The number of rotatable bonds is 5. The molecule has 1 aromatic carbocycles. The summed E-state index contributed by atoms with van der Waals surface area (Å²) < 4.78 is 11.1. The van der Waals surface area contributed by atoms with Crippen LogP contribution >= 0.6 is 0 Å². The van der Waals surface area contributed by atoms with Crippen molar-refractivity contribution in [2.45, 2.75) is 44.1 Å². The highest BCUT2D eigenvalue weighted by Crippen LogP contribution is 2.61. The first kappa shape index (κ1) is 15.0. The van der Waals surface area contributed by atoms with E-state index in [1.807, 2.05) is 30.3 Å². The van der Waals surface area contributed by atoms with E-state index < -0.39 is 11.0 Å². The molecule has 0 aliphatic heterocycles. The molecular formula is C19H24O4. The fraction of sp³-hybridized carbons (Fsp3) is 0.632. The van der Waals surface area contributed by atoms with Crippen LogP contribution in [0.4, 0.5) is 0 Å². The number of aliphatic hydroxyl groups is 1. The van der Waals surface area contributed by atoms with E-state index in [0.717, 1.165) is 31.4 Å². The Bertz CT molecular complexity index is 568. The molecule has 5 rings (SSSR count). The highest BCUT2D eigenvalue weighted by atomic mass is 16.6. The molecule has 0 spiro atoms. The Balaban J connectivity index is 1.32. The van der Waals surface area contributed by atoms with Crippen molar-refractivity contribution in [2.75, 3.05) is 13.2 Å². The topological polar surface area (TPSA) is 55.8 Å². The van der Waals surface area contributed by atoms with Crippen molar-refractivity contribution >= 4 is 5.97 Å². The fourth-order valence-electron chi connectivity index (χ4n) is 5.42. The third kappa shape index (κ3) is 2.85. The van der Waals surface area contributed by atoms with Crippen LogP contribution in [0.2, 0.25) is 0 Å². The summed E-state index contributed by atoms with van der Waals surface area (Å²) in [4.78, 5) is 12.7. The molecule has 0 amide bonds. The molecular weight excluding hydrogens is 292 g/mol. The Hall–Kier alpha value is -1.55. The SMILES string of the molecule is O=C(OCCOc1ccccc1)C12C[C@@H]3C[C@@H](CC(O)(C3)C1)C2. The van der Waals surface area contributed by atoms with E-state index in [1.54, 1.807) is 0 Å². The summed E-state index contributed by atoms with van der Waals surface area (Å²) in [5.74, 6) is 1.65. The number of ether oxygens (including phenoxy) is 2. The second-order valence-corrected chi connectivity index (χ2v) is 7.76. The van der Waals surface area contributed by atoms with E-state index in [2.05, 4.69) is 0 Å². The average Bonchev–Trinajstić information content (AvgIpc) is 2.50. The lowest BCUT2D eigenvalue weighted by Crippen LogP contribution is -2.58. The van der Waals surface area contributed by atoms with Crippen molar-refractivity contribution < 1.29 is 19.4 Å². The smallest absolute Gasteiger partial charge is 0.312 e. The third-order valence-corrected chi connectivity index (χ3v) is 5.79. The molecule has 4 aliphatic rings. The molecule has 0 saturated heterocycles. The average molecular weight is 316 g/mol. The molecule has 1 N–H and O–H groups in total. The van der Waals surface area contributed by atoms with Crippen molar-refractivity contribution in [2.24, 2.45) is 17.3 Å². The molecule has 124 valence electrons. The molecule has 23 heavy (non-hydrogen) atoms. The standard InChI is InChI=1S/C19H24O4/c20-17(23-7-6-22-16-4-2-1-3-5-16)18-9-14-8-15(10-18)12-19(21,11-14)13-18/h1-5,14-15,21H,6-13H2/t14-,15+,18?,19?. The minimum absolute atomic E-state index is 0.123. The largest absolute Gasteiger partial charge is 0.490 e. The van der Waals surface area contributed by atoms with Crippen molar-refractivity contribution in [3.8, 4) is 5.75 Å². The van der Waals surface area contributed by atoms with Gasteiger partial charge in [-0.2, -0.15) is 0 Å². The molecule has 0 radical (unpaired) electrons. The zero-order valence-corrected chi connectivity index (χ0v) is 13.4. The molecule has 4 bridgehead atoms. The highest BCUT2D eigenvalue weighted by molar-refractivity contribution is 5.77. The first-order valence-corrected chi connectivity index (χ1v) is 8.64. The van der Waals surface area contributed by atoms with Gasteiger partial charge in [0.25, 0.3) is 0 Å². The molecule has 4 atom stereocenters. The van der Waals surface area contributed by atoms with Gasteiger partial charge in [-0.3, -0.25) is 4.79 Å². The minimum atomic E-state index is -0.621. The van der Waals surface area contributed by atoms with Crippen LogP contribution in [0.25, 0.3) is 0 Å². The zero-order chi connectivity index (χ0) is 15.9. The molecule has 2 unspecified atom stereocenters. The van der Waals surface area contributed by atoms with E-state index in [9.17, 15) is 9.90 Å². The van der Waals surface area contributed by atoms with E-state index in [0.29, 0.717) is 24.9 Å². The maximum absolute atomic E-state index is 12.7. The van der Waals surface area contributed by atoms with Crippen LogP contribution in [-0.2, 0) is 9.53 Å². The first-order valence-electron chi connectivity index (χ1n) is 8.64. The lowest BCUT2D eigenvalue weighted by molar-refractivity contribution is -0.196. The van der Waals surface area contributed by atoms with Gasteiger partial charge in [0.1, 0.15) is 19.0 Å². The first-order chi connectivity index (χ1) is 11.1. The van der Waals surface area contributed by atoms with Crippen LogP contribution < -0.4 is 4.74 Å². The van der Waals surface area contributed by atoms with E-state index in [-0.39, 0.29) is 12.6 Å². The second-order valence-electron chi connectivity index (χ2n) is 7.76. The summed E-state index contributed by atoms with van der Waals surface area (Å²) in [5, 5.41) is 10.7. The quantitative estimate of drug-likeness (QED) is 0.670. The van der Waals surface area contributed by atoms with E-state index in [4.69, 9.17) is 9.47 Å². The van der Waals surface area contributed by atoms with Gasteiger partial charge in [-0.15, -0.1) is 0 Å². The van der Waals surface area contributed by atoms with E-state index >= 15 is 0 Å². The van der Waals surface area contributed by atoms with Crippen molar-refractivity contribution in [3.05, 3.63) is 30.3 Å². The lowest BCUT2D eigenvalue weighted by atomic mass is 9.48. The van der Waals surface area contributed by atoms with Gasteiger partial charge in [-0.05, 0) is 62.5 Å². The number of hydrogen-bond donors (Lipinski definition) is 1. The molecule has 4 heteroatoms. The van der Waals surface area contributed by atoms with Gasteiger partial charge in [-0.25, -0.2) is 0 Å². The maximum atomic E-state index is 12.7. The number of esters is 1. The Labute approximate surface area is 136 Å². The van der Waals surface area contributed by atoms with Gasteiger partial charge in [0.15, 0.2) is 0 Å². The maximum Gasteiger partial charge on any atom is 0.312 e. The second kappa shape index (κ2) is 5.52. The predicted octanol–water partition coefficient (Wildman–Crippen LogP) is 2.94. The molecule has 0 heterocycles. The number of benzene rings is 1. The van der Waals surface area contributed by atoms with E-state index in [1.165, 1.54) is 6.42 Å². The van der Waals surface area contributed by atoms with Crippen LogP contribution in [0.5, 0.6) is 5.75 Å². The van der Waals surface area contributed by atoms with Crippen molar-refractivity contribution in [1.29, 1.82) is 0 Å². The van der Waals surface area contributed by atoms with Gasteiger partial charge in [0.2, 0.25) is 0 Å². The molecule has 1 aromatic rings. The van der Waals surface area contributed by atoms with Crippen LogP contribution in [0.15, 0.2) is 30.3 Å². The number of carbonyl (C=O) groups is 1. The normalized spacial score (nSPS) is 37.6. The van der Waals surface area contributed by atoms with Gasteiger partial charge in [0.05, 0.1) is 11.0 Å². The molecule has 0 aromatic heterocycles. The summed E-state index contributed by atoms with van der Waals surface area (Å²) in [5.41, 5.74) is -1.06. The third-order valence-electron chi connectivity index (χ3n) is 5.79. The predicted molar refractivity (Wildman–Crippen MR) is 85.0 cm³/mol. The van der Waals surface area contributed by atoms with Crippen LogP contribution in [-0.4, -0.2) is 29.9 Å². The van der Waals surface area contributed by atoms with Crippen molar-refractivity contribution in [1.82, 2.24) is 0 Å². The molecule has 4 saturated carbocycles. The highest BCUT2D eigenvalue weighted by Gasteiger charge is 2.60. The van der Waals surface area contributed by atoms with Crippen LogP contribution in [0, 0.1) is 17.3 Å². The summed E-state index contributed by atoms with van der Waals surface area (Å²) in [6.45, 7) is 0.631. The molecule has 4 fully saturated rings. The van der Waals surface area contributed by atoms with Crippen molar-refractivity contribution in [3.63, 3.8) is 0 Å². The lowest BCUT2D eigenvalue weighted by Gasteiger charge is -2.58. The van der Waals surface area contributed by atoms with Gasteiger partial charge >= 0.3 is 5.97 Å². The van der Waals surface area contributed by atoms with Crippen LogP contribution in [0.1, 0.15) is 38.5 Å². The number of para-hydroxylation sites is 1. The summed E-state index contributed by atoms with van der Waals surface area (Å²) in [6, 6.07) is 9.53. The number of hydrogen-bond acceptors (Lipinski definition) is 4. The zero-order valence-electron chi connectivity index (χ0n) is 13.4. The Kier molecular flexibility index (Phi) is 3.60. The van der Waals surface area contributed by atoms with Crippen LogP contribution in [0.3, 0.4) is 0 Å². The molecule has 4 aliphatic carbocycles. The fourth-order valence-corrected chi connectivity index (χ4v) is 5.42. The summed E-state index contributed by atoms with van der Waals surface area (Å²) in [7, 11) is 0. The van der Waals surface area contributed by atoms with Gasteiger partial charge < -0.3 is 14.6 Å². The monoisotopic (exact) mass is 316 g/mol. The Morgan fingerprint density at radius 2 is 1.78 bits per heavy atom.